The van der Waals surface area contributed by atoms with Crippen LogP contribution in [0.15, 0.2) is 18.2 Å². The second kappa shape index (κ2) is 7.14. The number of halogens is 1. The fourth-order valence-corrected chi connectivity index (χ4v) is 2.24. The minimum absolute atomic E-state index is 0.211. The molecule has 18 heavy (non-hydrogen) atoms. The third-order valence-corrected chi connectivity index (χ3v) is 3.19. The van der Waals surface area contributed by atoms with Crippen molar-refractivity contribution in [1.29, 1.82) is 0 Å². The zero-order valence-corrected chi connectivity index (χ0v) is 11.4. The van der Waals surface area contributed by atoms with Gasteiger partial charge in [0.2, 0.25) is 6.41 Å². The van der Waals surface area contributed by atoms with Gasteiger partial charge >= 0.3 is 0 Å². The maximum absolute atomic E-state index is 13.3. The summed E-state index contributed by atoms with van der Waals surface area (Å²) in [5.41, 5.74) is 1.36. The minimum Gasteiger partial charge on any atom is -0.312 e. The molecule has 0 aliphatic heterocycles. The van der Waals surface area contributed by atoms with Crippen LogP contribution in [-0.2, 0) is 4.79 Å². The molecule has 0 spiro atoms. The lowest BCUT2D eigenvalue weighted by Gasteiger charge is -2.28. The van der Waals surface area contributed by atoms with E-state index in [2.05, 4.69) is 13.8 Å². The van der Waals surface area contributed by atoms with Gasteiger partial charge in [0.1, 0.15) is 5.82 Å². The predicted molar refractivity (Wildman–Crippen MR) is 73.3 cm³/mol. The van der Waals surface area contributed by atoms with Crippen molar-refractivity contribution in [2.45, 2.75) is 52.5 Å². The highest BCUT2D eigenvalue weighted by Crippen LogP contribution is 2.23. The molecule has 0 fully saturated rings. The molecule has 1 amide bonds. The second-order valence-electron chi connectivity index (χ2n) is 4.68. The van der Waals surface area contributed by atoms with Crippen molar-refractivity contribution in [3.63, 3.8) is 0 Å². The standard InChI is InChI=1S/C15H22FNO/c1-4-6-13(7-5-2)17(11-18)14-8-9-15(16)12(3)10-14/h8-11,13H,4-7H2,1-3H3. The number of aryl methyl sites for hydroxylation is 1. The molecule has 0 bridgehead atoms. The highest BCUT2D eigenvalue weighted by Gasteiger charge is 2.17. The lowest BCUT2D eigenvalue weighted by atomic mass is 10.0. The Morgan fingerprint density at radius 2 is 1.89 bits per heavy atom. The van der Waals surface area contributed by atoms with E-state index in [-0.39, 0.29) is 11.9 Å². The Morgan fingerprint density at radius 1 is 1.28 bits per heavy atom. The normalized spacial score (nSPS) is 10.7. The molecule has 3 heteroatoms. The zero-order valence-electron chi connectivity index (χ0n) is 11.4. The number of carbonyl (C=O) groups excluding carboxylic acids is 1. The smallest absolute Gasteiger partial charge is 0.214 e. The lowest BCUT2D eigenvalue weighted by molar-refractivity contribution is -0.107. The van der Waals surface area contributed by atoms with Gasteiger partial charge in [-0.3, -0.25) is 4.79 Å². The Hall–Kier alpha value is -1.38. The van der Waals surface area contributed by atoms with Crippen LogP contribution in [0.5, 0.6) is 0 Å². The molecular weight excluding hydrogens is 229 g/mol. The van der Waals surface area contributed by atoms with Crippen molar-refractivity contribution in [2.75, 3.05) is 4.90 Å². The number of anilines is 1. The molecule has 1 rings (SSSR count). The summed E-state index contributed by atoms with van der Waals surface area (Å²) < 4.78 is 13.3. The van der Waals surface area contributed by atoms with Crippen molar-refractivity contribution in [2.24, 2.45) is 0 Å². The van der Waals surface area contributed by atoms with Crippen LogP contribution in [0.3, 0.4) is 0 Å². The van der Waals surface area contributed by atoms with Crippen molar-refractivity contribution >= 4 is 12.1 Å². The molecule has 0 radical (unpaired) electrons. The van der Waals surface area contributed by atoms with Crippen LogP contribution in [0.2, 0.25) is 0 Å². The predicted octanol–water partition coefficient (Wildman–Crippen LogP) is 4.07. The van der Waals surface area contributed by atoms with E-state index in [4.69, 9.17) is 0 Å². The SMILES string of the molecule is CCCC(CCC)N(C=O)c1ccc(F)c(C)c1. The van der Waals surface area contributed by atoms with E-state index >= 15 is 0 Å². The summed E-state index contributed by atoms with van der Waals surface area (Å²) in [6, 6.07) is 5.05. The quantitative estimate of drug-likeness (QED) is 0.669. The van der Waals surface area contributed by atoms with Crippen LogP contribution >= 0.6 is 0 Å². The molecule has 0 aliphatic rings. The van der Waals surface area contributed by atoms with E-state index in [9.17, 15) is 9.18 Å². The maximum Gasteiger partial charge on any atom is 0.214 e. The van der Waals surface area contributed by atoms with Crippen molar-refractivity contribution in [1.82, 2.24) is 0 Å². The van der Waals surface area contributed by atoms with Crippen molar-refractivity contribution in [3.05, 3.63) is 29.6 Å². The molecule has 0 unspecified atom stereocenters. The summed E-state index contributed by atoms with van der Waals surface area (Å²) in [6.07, 6.45) is 4.89. The Morgan fingerprint density at radius 3 is 2.33 bits per heavy atom. The molecule has 0 N–H and O–H groups in total. The molecule has 2 nitrogen and oxygen atoms in total. The first-order valence-corrected chi connectivity index (χ1v) is 6.63. The number of hydrogen-bond acceptors (Lipinski definition) is 1. The highest BCUT2D eigenvalue weighted by atomic mass is 19.1. The van der Waals surface area contributed by atoms with Gasteiger partial charge in [-0.05, 0) is 43.5 Å². The van der Waals surface area contributed by atoms with Crippen LogP contribution in [-0.4, -0.2) is 12.5 Å². The molecule has 100 valence electrons. The fourth-order valence-electron chi connectivity index (χ4n) is 2.24. The Balaban J connectivity index is 2.98. The van der Waals surface area contributed by atoms with Crippen molar-refractivity contribution in [3.8, 4) is 0 Å². The van der Waals surface area contributed by atoms with E-state index in [1.54, 1.807) is 24.0 Å². The van der Waals surface area contributed by atoms with Crippen LogP contribution in [0.1, 0.15) is 45.1 Å². The highest BCUT2D eigenvalue weighted by molar-refractivity contribution is 5.76. The fraction of sp³-hybridized carbons (Fsp3) is 0.533. The van der Waals surface area contributed by atoms with Gasteiger partial charge in [0.15, 0.2) is 0 Å². The van der Waals surface area contributed by atoms with Gasteiger partial charge in [0.25, 0.3) is 0 Å². The summed E-state index contributed by atoms with van der Waals surface area (Å²) in [5.74, 6) is -0.230. The summed E-state index contributed by atoms with van der Waals surface area (Å²) in [6.45, 7) is 5.94. The van der Waals surface area contributed by atoms with Crippen molar-refractivity contribution < 1.29 is 9.18 Å². The van der Waals surface area contributed by atoms with Crippen LogP contribution in [0, 0.1) is 12.7 Å². The number of benzene rings is 1. The zero-order chi connectivity index (χ0) is 13.5. The van der Waals surface area contributed by atoms with Gasteiger partial charge in [-0.25, -0.2) is 4.39 Å². The lowest BCUT2D eigenvalue weighted by Crippen LogP contribution is -2.34. The first-order chi connectivity index (χ1) is 8.63. The summed E-state index contributed by atoms with van der Waals surface area (Å²) >= 11 is 0. The topological polar surface area (TPSA) is 20.3 Å². The third kappa shape index (κ3) is 3.56. The molecule has 0 aliphatic carbocycles. The molecule has 0 heterocycles. The molecule has 0 aromatic heterocycles. The van der Waals surface area contributed by atoms with E-state index in [1.165, 1.54) is 6.07 Å². The molecule has 0 atom stereocenters. The van der Waals surface area contributed by atoms with Gasteiger partial charge in [0, 0.05) is 11.7 Å². The van der Waals surface area contributed by atoms with Gasteiger partial charge in [-0.15, -0.1) is 0 Å². The van der Waals surface area contributed by atoms with Crippen LogP contribution in [0.4, 0.5) is 10.1 Å². The summed E-state index contributed by atoms with van der Waals surface area (Å²) in [7, 11) is 0. The Labute approximate surface area is 109 Å². The summed E-state index contributed by atoms with van der Waals surface area (Å²) in [4.78, 5) is 13.1. The van der Waals surface area contributed by atoms with Gasteiger partial charge in [0.05, 0.1) is 0 Å². The second-order valence-corrected chi connectivity index (χ2v) is 4.68. The van der Waals surface area contributed by atoms with E-state index < -0.39 is 0 Å². The average molecular weight is 251 g/mol. The molecule has 1 aromatic carbocycles. The van der Waals surface area contributed by atoms with Gasteiger partial charge in [-0.2, -0.15) is 0 Å². The average Bonchev–Trinajstić information content (AvgIpc) is 2.35. The monoisotopic (exact) mass is 251 g/mol. The first-order valence-electron chi connectivity index (χ1n) is 6.63. The van der Waals surface area contributed by atoms with E-state index in [1.807, 2.05) is 0 Å². The van der Waals surface area contributed by atoms with Crippen LogP contribution in [0.25, 0.3) is 0 Å². The molecular formula is C15H22FNO. The van der Waals surface area contributed by atoms with Gasteiger partial charge < -0.3 is 4.90 Å². The summed E-state index contributed by atoms with van der Waals surface area (Å²) in [5, 5.41) is 0. The number of nitrogens with zero attached hydrogens (tertiary/aromatic N) is 1. The number of rotatable bonds is 7. The Bertz CT molecular complexity index is 386. The number of carbonyl (C=O) groups is 1. The number of amides is 1. The van der Waals surface area contributed by atoms with Crippen LogP contribution < -0.4 is 4.90 Å². The largest absolute Gasteiger partial charge is 0.312 e. The number of hydrogen-bond donors (Lipinski definition) is 0. The maximum atomic E-state index is 13.3. The molecule has 0 saturated carbocycles. The van der Waals surface area contributed by atoms with Gasteiger partial charge in [-0.1, -0.05) is 26.7 Å². The molecule has 1 aromatic rings. The molecule has 0 saturated heterocycles. The third-order valence-electron chi connectivity index (χ3n) is 3.19. The minimum atomic E-state index is -0.230. The van der Waals surface area contributed by atoms with E-state index in [0.717, 1.165) is 37.8 Å². The Kier molecular flexibility index (Phi) is 5.83. The first kappa shape index (κ1) is 14.7. The van der Waals surface area contributed by atoms with E-state index in [0.29, 0.717) is 5.56 Å².